The number of hydrogen-bond acceptors (Lipinski definition) is 3. The van der Waals surface area contributed by atoms with Crippen molar-refractivity contribution < 1.29 is 0 Å². The van der Waals surface area contributed by atoms with Gasteiger partial charge < -0.3 is 11.1 Å². The molecule has 0 aromatic carbocycles. The van der Waals surface area contributed by atoms with Crippen molar-refractivity contribution in [3.63, 3.8) is 0 Å². The second-order valence-corrected chi connectivity index (χ2v) is 7.07. The second kappa shape index (κ2) is 5.69. The van der Waals surface area contributed by atoms with Crippen molar-refractivity contribution in [2.75, 3.05) is 0 Å². The van der Waals surface area contributed by atoms with Crippen LogP contribution in [0.2, 0.25) is 0 Å². The third kappa shape index (κ3) is 4.64. The summed E-state index contributed by atoms with van der Waals surface area (Å²) in [4.78, 5) is 10.2. The lowest BCUT2D eigenvalue weighted by molar-refractivity contribution is 0.508. The van der Waals surface area contributed by atoms with E-state index in [4.69, 9.17) is 5.73 Å². The lowest BCUT2D eigenvalue weighted by atomic mass is 10.1. The van der Waals surface area contributed by atoms with Crippen molar-refractivity contribution in [3.8, 4) is 0 Å². The SMILES string of the molecule is Cc1sc(CN=C(N)NC(C)(C)C)nc1C(C)C. The van der Waals surface area contributed by atoms with Gasteiger partial charge in [-0.25, -0.2) is 9.98 Å². The molecule has 0 aliphatic heterocycles. The normalized spacial score (nSPS) is 13.2. The molecular weight excluding hydrogens is 244 g/mol. The van der Waals surface area contributed by atoms with E-state index in [0.29, 0.717) is 18.4 Å². The fourth-order valence-corrected chi connectivity index (χ4v) is 2.66. The maximum atomic E-state index is 5.83. The minimum absolute atomic E-state index is 0.0600. The molecule has 0 fully saturated rings. The zero-order valence-electron chi connectivity index (χ0n) is 12.2. The average molecular weight is 268 g/mol. The van der Waals surface area contributed by atoms with Crippen LogP contribution in [0.25, 0.3) is 0 Å². The Balaban J connectivity index is 2.69. The first-order chi connectivity index (χ1) is 8.19. The smallest absolute Gasteiger partial charge is 0.189 e. The number of nitrogens with two attached hydrogens (primary N) is 1. The summed E-state index contributed by atoms with van der Waals surface area (Å²) in [6.45, 7) is 13.1. The van der Waals surface area contributed by atoms with Crippen LogP contribution < -0.4 is 11.1 Å². The molecular formula is C13H24N4S. The maximum Gasteiger partial charge on any atom is 0.189 e. The molecule has 0 bridgehead atoms. The van der Waals surface area contributed by atoms with Crippen LogP contribution in [0.15, 0.2) is 4.99 Å². The van der Waals surface area contributed by atoms with E-state index in [0.717, 1.165) is 5.01 Å². The molecule has 0 radical (unpaired) electrons. The zero-order chi connectivity index (χ0) is 13.9. The number of aromatic nitrogens is 1. The average Bonchev–Trinajstić information content (AvgIpc) is 2.54. The molecule has 5 heteroatoms. The summed E-state index contributed by atoms with van der Waals surface area (Å²) in [5, 5.41) is 4.16. The van der Waals surface area contributed by atoms with E-state index in [1.165, 1.54) is 10.6 Å². The first kappa shape index (κ1) is 15.0. The van der Waals surface area contributed by atoms with Crippen molar-refractivity contribution in [2.45, 2.75) is 59.5 Å². The third-order valence-electron chi connectivity index (χ3n) is 2.31. The molecule has 0 atom stereocenters. The number of thiazole rings is 1. The molecule has 0 aliphatic rings. The second-order valence-electron chi connectivity index (χ2n) is 5.78. The van der Waals surface area contributed by atoms with Gasteiger partial charge in [0, 0.05) is 10.4 Å². The number of guanidine groups is 1. The molecule has 0 unspecified atom stereocenters. The number of aryl methyl sites for hydroxylation is 1. The molecule has 0 aliphatic carbocycles. The summed E-state index contributed by atoms with van der Waals surface area (Å²) in [5.74, 6) is 0.936. The third-order valence-corrected chi connectivity index (χ3v) is 3.28. The highest BCUT2D eigenvalue weighted by molar-refractivity contribution is 7.11. The Bertz CT molecular complexity index is 427. The number of nitrogens with zero attached hydrogens (tertiary/aromatic N) is 2. The van der Waals surface area contributed by atoms with E-state index in [9.17, 15) is 0 Å². The molecule has 1 aromatic rings. The molecule has 18 heavy (non-hydrogen) atoms. The summed E-state index contributed by atoms with van der Waals surface area (Å²) in [7, 11) is 0. The molecule has 4 nitrogen and oxygen atoms in total. The van der Waals surface area contributed by atoms with E-state index in [1.807, 2.05) is 0 Å². The molecule has 1 rings (SSSR count). The predicted octanol–water partition coefficient (Wildman–Crippen LogP) is 2.78. The Morgan fingerprint density at radius 1 is 1.44 bits per heavy atom. The first-order valence-corrected chi connectivity index (χ1v) is 7.05. The monoisotopic (exact) mass is 268 g/mol. The molecule has 3 N–H and O–H groups in total. The summed E-state index contributed by atoms with van der Waals surface area (Å²) in [6, 6.07) is 0. The number of nitrogens with one attached hydrogen (secondary N) is 1. The van der Waals surface area contributed by atoms with Crippen molar-refractivity contribution in [3.05, 3.63) is 15.6 Å². The minimum atomic E-state index is -0.0600. The molecule has 0 saturated heterocycles. The van der Waals surface area contributed by atoms with Gasteiger partial charge in [0.05, 0.1) is 12.2 Å². The predicted molar refractivity (Wildman–Crippen MR) is 79.2 cm³/mol. The maximum absolute atomic E-state index is 5.83. The Kier molecular flexibility index (Phi) is 4.73. The van der Waals surface area contributed by atoms with Gasteiger partial charge in [-0.3, -0.25) is 0 Å². The highest BCUT2D eigenvalue weighted by Crippen LogP contribution is 2.24. The zero-order valence-corrected chi connectivity index (χ0v) is 13.0. The Morgan fingerprint density at radius 2 is 2.06 bits per heavy atom. The number of rotatable bonds is 3. The quantitative estimate of drug-likeness (QED) is 0.654. The van der Waals surface area contributed by atoms with E-state index in [1.54, 1.807) is 11.3 Å². The highest BCUT2D eigenvalue weighted by atomic mass is 32.1. The summed E-state index contributed by atoms with van der Waals surface area (Å²) in [6.07, 6.45) is 0. The summed E-state index contributed by atoms with van der Waals surface area (Å²) >= 11 is 1.70. The van der Waals surface area contributed by atoms with Gasteiger partial charge in [-0.2, -0.15) is 0 Å². The molecule has 0 spiro atoms. The molecule has 0 amide bonds. The summed E-state index contributed by atoms with van der Waals surface area (Å²) < 4.78 is 0. The van der Waals surface area contributed by atoms with Crippen molar-refractivity contribution in [2.24, 2.45) is 10.7 Å². The molecule has 0 saturated carbocycles. The van der Waals surface area contributed by atoms with E-state index >= 15 is 0 Å². The lowest BCUT2D eigenvalue weighted by Gasteiger charge is -2.20. The van der Waals surface area contributed by atoms with Gasteiger partial charge in [0.15, 0.2) is 5.96 Å². The standard InChI is InChI=1S/C13H24N4S/c1-8(2)11-9(3)18-10(16-11)7-15-12(14)17-13(4,5)6/h8H,7H2,1-6H3,(H3,14,15,17). The Hall–Kier alpha value is -1.10. The molecule has 1 aromatic heterocycles. The van der Waals surface area contributed by atoms with Crippen LogP contribution >= 0.6 is 11.3 Å². The highest BCUT2D eigenvalue weighted by Gasteiger charge is 2.12. The largest absolute Gasteiger partial charge is 0.370 e. The molecule has 1 heterocycles. The van der Waals surface area contributed by atoms with Crippen LogP contribution in [0, 0.1) is 6.92 Å². The van der Waals surface area contributed by atoms with Gasteiger partial charge in [-0.05, 0) is 33.6 Å². The first-order valence-electron chi connectivity index (χ1n) is 6.23. The van der Waals surface area contributed by atoms with Gasteiger partial charge in [-0.1, -0.05) is 13.8 Å². The fraction of sp³-hybridized carbons (Fsp3) is 0.692. The van der Waals surface area contributed by atoms with Crippen molar-refractivity contribution in [1.29, 1.82) is 0 Å². The van der Waals surface area contributed by atoms with Crippen LogP contribution in [-0.4, -0.2) is 16.5 Å². The van der Waals surface area contributed by atoms with Gasteiger partial charge in [-0.15, -0.1) is 11.3 Å². The Labute approximate surface area is 114 Å². The molecule has 102 valence electrons. The van der Waals surface area contributed by atoms with E-state index in [-0.39, 0.29) is 5.54 Å². The number of aliphatic imine (C=N–C) groups is 1. The van der Waals surface area contributed by atoms with Gasteiger partial charge in [0.1, 0.15) is 5.01 Å². The van der Waals surface area contributed by atoms with E-state index in [2.05, 4.69) is 56.8 Å². The fourth-order valence-electron chi connectivity index (χ4n) is 1.64. The topological polar surface area (TPSA) is 63.3 Å². The van der Waals surface area contributed by atoms with Crippen LogP contribution in [0.5, 0.6) is 0 Å². The summed E-state index contributed by atoms with van der Waals surface area (Å²) in [5.41, 5.74) is 6.94. The Morgan fingerprint density at radius 3 is 2.50 bits per heavy atom. The number of hydrogen-bond donors (Lipinski definition) is 2. The van der Waals surface area contributed by atoms with Crippen LogP contribution in [0.4, 0.5) is 0 Å². The lowest BCUT2D eigenvalue weighted by Crippen LogP contribution is -2.44. The van der Waals surface area contributed by atoms with Gasteiger partial charge in [0.25, 0.3) is 0 Å². The minimum Gasteiger partial charge on any atom is -0.370 e. The van der Waals surface area contributed by atoms with Crippen LogP contribution in [-0.2, 0) is 6.54 Å². The van der Waals surface area contributed by atoms with Crippen LogP contribution in [0.1, 0.15) is 56.1 Å². The van der Waals surface area contributed by atoms with Crippen molar-refractivity contribution >= 4 is 17.3 Å². The van der Waals surface area contributed by atoms with Crippen molar-refractivity contribution in [1.82, 2.24) is 10.3 Å². The van der Waals surface area contributed by atoms with E-state index < -0.39 is 0 Å². The van der Waals surface area contributed by atoms with Gasteiger partial charge >= 0.3 is 0 Å². The van der Waals surface area contributed by atoms with Gasteiger partial charge in [0.2, 0.25) is 0 Å². The van der Waals surface area contributed by atoms with Crippen LogP contribution in [0.3, 0.4) is 0 Å².